The fraction of sp³-hybridized carbons (Fsp3) is 0.467. The number of carbonyl (C=O) groups excluding carboxylic acids is 1. The maximum atomic E-state index is 12.4. The summed E-state index contributed by atoms with van der Waals surface area (Å²) in [5.74, 6) is -0.948. The minimum absolute atomic E-state index is 0.148. The monoisotopic (exact) mass is 290 g/mol. The molecule has 0 saturated carbocycles. The summed E-state index contributed by atoms with van der Waals surface area (Å²) in [5, 5.41) is 12.0. The van der Waals surface area contributed by atoms with Crippen LogP contribution in [0.15, 0.2) is 18.2 Å². The molecule has 1 fully saturated rings. The highest BCUT2D eigenvalue weighted by atomic mass is 16.5. The minimum atomic E-state index is -0.948. The molecule has 1 saturated heterocycles. The number of urea groups is 1. The fourth-order valence-corrected chi connectivity index (χ4v) is 2.84. The van der Waals surface area contributed by atoms with E-state index in [1.165, 1.54) is 6.07 Å². The van der Waals surface area contributed by atoms with E-state index < -0.39 is 5.97 Å². The number of carboxylic acids is 1. The Kier molecular flexibility index (Phi) is 3.33. The summed E-state index contributed by atoms with van der Waals surface area (Å²) in [5.41, 5.74) is 1.63. The maximum Gasteiger partial charge on any atom is 0.335 e. The van der Waals surface area contributed by atoms with Gasteiger partial charge in [-0.15, -0.1) is 0 Å². The molecule has 2 N–H and O–H groups in total. The fourth-order valence-electron chi connectivity index (χ4n) is 2.84. The lowest BCUT2D eigenvalue weighted by molar-refractivity contribution is 0.0697. The number of carbonyl (C=O) groups is 2. The van der Waals surface area contributed by atoms with Gasteiger partial charge in [-0.2, -0.15) is 0 Å². The van der Waals surface area contributed by atoms with E-state index >= 15 is 0 Å². The quantitative estimate of drug-likeness (QED) is 0.868. The number of amides is 2. The van der Waals surface area contributed by atoms with Crippen LogP contribution in [0.25, 0.3) is 0 Å². The van der Waals surface area contributed by atoms with E-state index in [9.17, 15) is 9.59 Å². The van der Waals surface area contributed by atoms with Gasteiger partial charge in [-0.25, -0.2) is 9.59 Å². The molecule has 2 heterocycles. The molecule has 0 radical (unpaired) electrons. The number of carboxylic acid groups (broad SMARTS) is 1. The number of rotatable bonds is 2. The van der Waals surface area contributed by atoms with Gasteiger partial charge in [0.15, 0.2) is 0 Å². The van der Waals surface area contributed by atoms with Crippen molar-refractivity contribution in [3.63, 3.8) is 0 Å². The summed E-state index contributed by atoms with van der Waals surface area (Å²) in [6.45, 7) is 3.73. The molecular formula is C15H18N2O4. The average molecular weight is 290 g/mol. The summed E-state index contributed by atoms with van der Waals surface area (Å²) in [6.07, 6.45) is 1.48. The van der Waals surface area contributed by atoms with Crippen molar-refractivity contribution < 1.29 is 19.4 Å². The maximum absolute atomic E-state index is 12.4. The van der Waals surface area contributed by atoms with Crippen LogP contribution < -0.4 is 10.2 Å². The van der Waals surface area contributed by atoms with Crippen LogP contribution in [-0.2, 0) is 11.2 Å². The third-order valence-electron chi connectivity index (χ3n) is 4.09. The van der Waals surface area contributed by atoms with Crippen molar-refractivity contribution in [3.05, 3.63) is 29.3 Å². The summed E-state index contributed by atoms with van der Waals surface area (Å²) >= 11 is 0. The summed E-state index contributed by atoms with van der Waals surface area (Å²) in [4.78, 5) is 25.1. The van der Waals surface area contributed by atoms with Crippen LogP contribution in [0.1, 0.15) is 29.3 Å². The molecule has 0 aliphatic carbocycles. The van der Waals surface area contributed by atoms with Crippen molar-refractivity contribution in [2.45, 2.75) is 25.3 Å². The molecule has 1 unspecified atom stereocenters. The molecule has 112 valence electrons. The Hall–Kier alpha value is -2.08. The van der Waals surface area contributed by atoms with Crippen LogP contribution in [0.4, 0.5) is 10.5 Å². The lowest BCUT2D eigenvalue weighted by atomic mass is 10.0. The third-order valence-corrected chi connectivity index (χ3v) is 4.09. The van der Waals surface area contributed by atoms with E-state index in [1.807, 2.05) is 6.92 Å². The van der Waals surface area contributed by atoms with E-state index in [0.29, 0.717) is 26.2 Å². The third kappa shape index (κ3) is 2.58. The molecule has 0 spiro atoms. The first-order valence-corrected chi connectivity index (χ1v) is 7.02. The molecule has 2 amide bonds. The normalized spacial score (nSPS) is 24.0. The lowest BCUT2D eigenvalue weighted by Gasteiger charge is -2.27. The van der Waals surface area contributed by atoms with Crippen molar-refractivity contribution in [2.75, 3.05) is 24.7 Å². The van der Waals surface area contributed by atoms with Crippen LogP contribution in [0, 0.1) is 0 Å². The van der Waals surface area contributed by atoms with Gasteiger partial charge in [0.1, 0.15) is 0 Å². The number of fused-ring (bicyclic) bond motifs is 1. The largest absolute Gasteiger partial charge is 0.478 e. The van der Waals surface area contributed by atoms with Gasteiger partial charge in [0, 0.05) is 18.8 Å². The number of benzene rings is 1. The number of ether oxygens (including phenoxy) is 1. The molecule has 1 aromatic carbocycles. The van der Waals surface area contributed by atoms with Crippen molar-refractivity contribution in [2.24, 2.45) is 0 Å². The Morgan fingerprint density at radius 1 is 1.43 bits per heavy atom. The standard InChI is InChI=1S/C15H18N2O4/c1-15(5-7-21-9-15)16-14(20)17-6-4-10-8-11(13(18)19)2-3-12(10)17/h2-3,8H,4-7,9H2,1H3,(H,16,20)(H,18,19). The Morgan fingerprint density at radius 2 is 2.24 bits per heavy atom. The van der Waals surface area contributed by atoms with E-state index in [0.717, 1.165) is 17.7 Å². The van der Waals surface area contributed by atoms with E-state index in [2.05, 4.69) is 5.32 Å². The summed E-state index contributed by atoms with van der Waals surface area (Å²) in [7, 11) is 0. The zero-order valence-corrected chi connectivity index (χ0v) is 11.9. The molecular weight excluding hydrogens is 272 g/mol. The molecule has 1 atom stereocenters. The van der Waals surface area contributed by atoms with Gasteiger partial charge in [-0.3, -0.25) is 4.90 Å². The first-order valence-electron chi connectivity index (χ1n) is 7.02. The van der Waals surface area contributed by atoms with E-state index in [-0.39, 0.29) is 17.1 Å². The topological polar surface area (TPSA) is 78.9 Å². The van der Waals surface area contributed by atoms with Gasteiger partial charge in [-0.05, 0) is 43.5 Å². The number of nitrogens with zero attached hydrogens (tertiary/aromatic N) is 1. The Balaban J connectivity index is 1.77. The predicted molar refractivity (Wildman–Crippen MR) is 76.8 cm³/mol. The Morgan fingerprint density at radius 3 is 2.90 bits per heavy atom. The Bertz CT molecular complexity index is 593. The molecule has 2 aliphatic rings. The van der Waals surface area contributed by atoms with Crippen molar-refractivity contribution in [1.29, 1.82) is 0 Å². The average Bonchev–Trinajstić information content (AvgIpc) is 3.04. The van der Waals surface area contributed by atoms with Crippen LogP contribution in [0.3, 0.4) is 0 Å². The second-order valence-electron chi connectivity index (χ2n) is 5.84. The molecule has 3 rings (SSSR count). The molecule has 2 aliphatic heterocycles. The SMILES string of the molecule is CC1(NC(=O)N2CCc3cc(C(=O)O)ccc32)CCOC1. The number of anilines is 1. The second-order valence-corrected chi connectivity index (χ2v) is 5.84. The van der Waals surface area contributed by atoms with Crippen LogP contribution in [0.2, 0.25) is 0 Å². The highest BCUT2D eigenvalue weighted by molar-refractivity contribution is 5.96. The molecule has 1 aromatic rings. The highest BCUT2D eigenvalue weighted by Crippen LogP contribution is 2.29. The van der Waals surface area contributed by atoms with Crippen molar-refractivity contribution >= 4 is 17.7 Å². The zero-order valence-electron chi connectivity index (χ0n) is 11.9. The van der Waals surface area contributed by atoms with Crippen LogP contribution in [-0.4, -0.2) is 42.4 Å². The predicted octanol–water partition coefficient (Wildman–Crippen LogP) is 1.64. The van der Waals surface area contributed by atoms with Gasteiger partial charge in [0.25, 0.3) is 0 Å². The summed E-state index contributed by atoms with van der Waals surface area (Å²) < 4.78 is 5.34. The molecule has 0 aromatic heterocycles. The summed E-state index contributed by atoms with van der Waals surface area (Å²) in [6, 6.07) is 4.74. The number of aromatic carboxylic acids is 1. The van der Waals surface area contributed by atoms with Crippen LogP contribution >= 0.6 is 0 Å². The molecule has 6 heteroatoms. The van der Waals surface area contributed by atoms with Gasteiger partial charge < -0.3 is 15.2 Å². The van der Waals surface area contributed by atoms with E-state index in [1.54, 1.807) is 17.0 Å². The smallest absolute Gasteiger partial charge is 0.335 e. The lowest BCUT2D eigenvalue weighted by Crippen LogP contribution is -2.51. The number of nitrogens with one attached hydrogen (secondary N) is 1. The van der Waals surface area contributed by atoms with Crippen molar-refractivity contribution in [3.8, 4) is 0 Å². The number of hydrogen-bond acceptors (Lipinski definition) is 3. The van der Waals surface area contributed by atoms with Crippen LogP contribution in [0.5, 0.6) is 0 Å². The number of hydrogen-bond donors (Lipinski definition) is 2. The van der Waals surface area contributed by atoms with E-state index in [4.69, 9.17) is 9.84 Å². The minimum Gasteiger partial charge on any atom is -0.478 e. The molecule has 6 nitrogen and oxygen atoms in total. The zero-order chi connectivity index (χ0) is 15.0. The first kappa shape index (κ1) is 13.9. The second kappa shape index (κ2) is 5.04. The van der Waals surface area contributed by atoms with Crippen molar-refractivity contribution in [1.82, 2.24) is 5.32 Å². The van der Waals surface area contributed by atoms with Gasteiger partial charge in [0.2, 0.25) is 0 Å². The molecule has 0 bridgehead atoms. The highest BCUT2D eigenvalue weighted by Gasteiger charge is 2.34. The van der Waals surface area contributed by atoms with Gasteiger partial charge in [-0.1, -0.05) is 0 Å². The van der Waals surface area contributed by atoms with Gasteiger partial charge in [0.05, 0.1) is 17.7 Å². The Labute approximate surface area is 122 Å². The first-order chi connectivity index (χ1) is 9.98. The molecule has 21 heavy (non-hydrogen) atoms. The van der Waals surface area contributed by atoms with Gasteiger partial charge >= 0.3 is 12.0 Å².